The fourth-order valence-electron chi connectivity index (χ4n) is 9.44. The molecule has 19 nitrogen and oxygen atoms in total. The summed E-state index contributed by atoms with van der Waals surface area (Å²) in [6.45, 7) is 31.2. The number of unbranched alkanes of at least 4 members (excludes halogenated alkanes) is 2. The quantitative estimate of drug-likeness (QED) is 0.0219. The number of anilines is 1. The zero-order valence-electron chi connectivity index (χ0n) is 59.2. The van der Waals surface area contributed by atoms with Crippen LogP contribution in [0.2, 0.25) is 0 Å². The number of aliphatic hydroxyl groups excluding tert-OH is 1. The highest BCUT2D eigenvalue weighted by Crippen LogP contribution is 2.29. The maximum absolute atomic E-state index is 12.9. The number of ether oxygens (including phenoxy) is 3. The number of pyridine rings is 2. The van der Waals surface area contributed by atoms with Crippen LogP contribution in [-0.4, -0.2) is 200 Å². The number of thiophene rings is 1. The van der Waals surface area contributed by atoms with E-state index in [4.69, 9.17) is 19.2 Å². The number of aromatic nitrogens is 2. The van der Waals surface area contributed by atoms with Crippen molar-refractivity contribution in [2.75, 3.05) is 119 Å². The monoisotopic (exact) mass is 1300 g/mol. The number of likely N-dealkylation sites (N-methyl/N-ethyl adjacent to an activating group) is 4. The number of methoxy groups -OCH3 is 1. The van der Waals surface area contributed by atoms with Crippen LogP contribution in [0.1, 0.15) is 152 Å². The van der Waals surface area contributed by atoms with Crippen LogP contribution in [0.3, 0.4) is 0 Å². The molecular formula is C73H112N10O9S. The lowest BCUT2D eigenvalue weighted by molar-refractivity contribution is -0.139. The van der Waals surface area contributed by atoms with Crippen LogP contribution in [0.5, 0.6) is 11.8 Å². The van der Waals surface area contributed by atoms with Gasteiger partial charge in [0.1, 0.15) is 11.5 Å². The lowest BCUT2D eigenvalue weighted by Gasteiger charge is -2.38. The van der Waals surface area contributed by atoms with Gasteiger partial charge in [-0.15, -0.1) is 11.3 Å². The normalized spacial score (nSPS) is 11.6. The average Bonchev–Trinajstić information content (AvgIpc) is 1.53. The van der Waals surface area contributed by atoms with Gasteiger partial charge in [0, 0.05) is 73.9 Å². The molecule has 0 aliphatic carbocycles. The molecule has 6 rings (SSSR count). The minimum atomic E-state index is -0.428. The standard InChI is InChI=1S/C23H39N3O3.C20H29N3O2.C17H24N2O.C13H20N2O3S/c1-8-22(2,3)24(6)20(28)17-26(14-15-27)18-21(29)25(7)23(4,5)16-19-12-10-9-11-13-19;1-4-7-14-25-19-15-17(16-10-8-9-11-18(16)22-19)20(24)21-12-13-23(5-2)6-3;1-4-5-9-15-13-14-8-6-7-10-16(14)17(18-15)20-12-11-19(2)3;1-5-6-14-9(3)12(16)15-10-8(2)7-19-11(10)13(17)18-4/h9-13,27H,8,14-18H2,1-7H3;8-11,15H,4-7,12-14H2,1-3H3,(H,21,24);6-8,10,13H,4-5,9,11-12H2,1-3H3;7,9,14H,5-6H2,1-4H3,(H,15,16). The summed E-state index contributed by atoms with van der Waals surface area (Å²) in [5, 5.41) is 23.3. The summed E-state index contributed by atoms with van der Waals surface area (Å²) >= 11 is 1.27. The molecule has 0 saturated carbocycles. The molecule has 0 bridgehead atoms. The van der Waals surface area contributed by atoms with E-state index in [1.165, 1.54) is 42.2 Å². The number of nitrogens with one attached hydrogen (secondary N) is 3. The third kappa shape index (κ3) is 27.4. The minimum Gasteiger partial charge on any atom is -0.478 e. The summed E-state index contributed by atoms with van der Waals surface area (Å²) < 4.78 is 16.3. The third-order valence-electron chi connectivity index (χ3n) is 16.3. The zero-order chi connectivity index (χ0) is 69.1. The Bertz CT molecular complexity index is 3190. The molecule has 93 heavy (non-hydrogen) atoms. The molecule has 3 aromatic carbocycles. The van der Waals surface area contributed by atoms with Crippen LogP contribution in [0.15, 0.2) is 96.4 Å². The Kier molecular flexibility index (Phi) is 36.5. The van der Waals surface area contributed by atoms with Gasteiger partial charge in [0.05, 0.1) is 56.2 Å². The molecule has 0 fully saturated rings. The number of carbonyl (C=O) groups excluding carboxylic acids is 5. The van der Waals surface area contributed by atoms with Gasteiger partial charge in [-0.2, -0.15) is 0 Å². The molecule has 3 heterocycles. The van der Waals surface area contributed by atoms with E-state index in [1.807, 2.05) is 116 Å². The average molecular weight is 1310 g/mol. The van der Waals surface area contributed by atoms with Crippen molar-refractivity contribution in [3.63, 3.8) is 0 Å². The van der Waals surface area contributed by atoms with Crippen LogP contribution in [-0.2, 0) is 32.0 Å². The largest absolute Gasteiger partial charge is 0.478 e. The number of amides is 4. The summed E-state index contributed by atoms with van der Waals surface area (Å²) in [5.74, 6) is 0.514. The van der Waals surface area contributed by atoms with E-state index in [9.17, 15) is 29.1 Å². The number of para-hydroxylation sites is 1. The molecule has 0 spiro atoms. The molecule has 0 radical (unpaired) electrons. The predicted octanol–water partition coefficient (Wildman–Crippen LogP) is 11.6. The molecule has 0 aliphatic heterocycles. The summed E-state index contributed by atoms with van der Waals surface area (Å²) in [6.07, 6.45) is 7.95. The van der Waals surface area contributed by atoms with Crippen LogP contribution < -0.4 is 25.4 Å². The fourth-order valence-corrected chi connectivity index (χ4v) is 10.4. The number of nitrogens with zero attached hydrogens (tertiary/aromatic N) is 7. The van der Waals surface area contributed by atoms with Crippen molar-refractivity contribution in [1.29, 1.82) is 0 Å². The van der Waals surface area contributed by atoms with Crippen molar-refractivity contribution in [1.82, 2.24) is 45.1 Å². The fraction of sp³-hybridized carbons (Fsp3) is 0.548. The highest BCUT2D eigenvalue weighted by Gasteiger charge is 2.31. The highest BCUT2D eigenvalue weighted by atomic mass is 32.1. The second-order valence-corrected chi connectivity index (χ2v) is 25.5. The number of carbonyl (C=O) groups is 5. The van der Waals surface area contributed by atoms with Crippen LogP contribution in [0.4, 0.5) is 5.69 Å². The van der Waals surface area contributed by atoms with Crippen LogP contribution in [0, 0.1) is 6.92 Å². The molecule has 3 aromatic heterocycles. The number of esters is 1. The Hall–Kier alpha value is -7.07. The first-order valence-electron chi connectivity index (χ1n) is 33.2. The summed E-state index contributed by atoms with van der Waals surface area (Å²) in [6, 6.07) is 29.7. The van der Waals surface area contributed by atoms with E-state index in [-0.39, 0.29) is 67.0 Å². The van der Waals surface area contributed by atoms with Gasteiger partial charge in [0.25, 0.3) is 5.91 Å². The summed E-state index contributed by atoms with van der Waals surface area (Å²) in [5.41, 5.74) is 4.50. The molecule has 0 saturated heterocycles. The molecule has 0 aliphatic rings. The van der Waals surface area contributed by atoms with Gasteiger partial charge in [0.15, 0.2) is 0 Å². The van der Waals surface area contributed by atoms with Gasteiger partial charge >= 0.3 is 5.97 Å². The number of hydrogen-bond donors (Lipinski definition) is 4. The lowest BCUT2D eigenvalue weighted by atomic mass is 9.93. The molecule has 4 amide bonds. The van der Waals surface area contributed by atoms with E-state index in [2.05, 4.69) is 94.8 Å². The van der Waals surface area contributed by atoms with Crippen LogP contribution in [0.25, 0.3) is 21.7 Å². The Morgan fingerprint density at radius 3 is 1.91 bits per heavy atom. The third-order valence-corrected chi connectivity index (χ3v) is 17.4. The topological polar surface area (TPSA) is 211 Å². The molecule has 20 heteroatoms. The number of fused-ring (bicyclic) bond motifs is 2. The molecule has 514 valence electrons. The maximum Gasteiger partial charge on any atom is 0.350 e. The molecule has 4 N–H and O–H groups in total. The number of rotatable bonds is 34. The Morgan fingerprint density at radius 1 is 0.688 bits per heavy atom. The van der Waals surface area contributed by atoms with Crippen molar-refractivity contribution < 1.29 is 43.3 Å². The molecular weight excluding hydrogens is 1190 g/mol. The Balaban J connectivity index is 0.000000328. The highest BCUT2D eigenvalue weighted by molar-refractivity contribution is 7.12. The van der Waals surface area contributed by atoms with Gasteiger partial charge in [-0.05, 0) is 154 Å². The van der Waals surface area contributed by atoms with E-state index in [0.717, 1.165) is 105 Å². The van der Waals surface area contributed by atoms with Gasteiger partial charge in [-0.25, -0.2) is 14.8 Å². The van der Waals surface area contributed by atoms with Crippen molar-refractivity contribution in [2.45, 2.75) is 152 Å². The minimum absolute atomic E-state index is 0.0516. The number of aryl methyl sites for hydroxylation is 2. The van der Waals surface area contributed by atoms with Gasteiger partial charge < -0.3 is 54.9 Å². The predicted molar refractivity (Wildman–Crippen MR) is 381 cm³/mol. The summed E-state index contributed by atoms with van der Waals surface area (Å²) in [7, 11) is 9.02. The van der Waals surface area contributed by atoms with E-state index < -0.39 is 5.97 Å². The van der Waals surface area contributed by atoms with E-state index in [0.29, 0.717) is 41.8 Å². The molecule has 6 aromatic rings. The van der Waals surface area contributed by atoms with E-state index >= 15 is 0 Å². The number of benzene rings is 3. The van der Waals surface area contributed by atoms with Crippen molar-refractivity contribution >= 4 is 68.3 Å². The second kappa shape index (κ2) is 42.3. The number of hydrogen-bond acceptors (Lipinski definition) is 16. The summed E-state index contributed by atoms with van der Waals surface area (Å²) in [4.78, 5) is 81.2. The van der Waals surface area contributed by atoms with Crippen LogP contribution >= 0.6 is 11.3 Å². The second-order valence-electron chi connectivity index (χ2n) is 24.7. The van der Waals surface area contributed by atoms with Gasteiger partial charge in [-0.1, -0.05) is 121 Å². The zero-order valence-corrected chi connectivity index (χ0v) is 60.0. The van der Waals surface area contributed by atoms with E-state index in [1.54, 1.807) is 41.8 Å². The Labute approximate surface area is 560 Å². The lowest BCUT2D eigenvalue weighted by Crippen LogP contribution is -2.53. The first-order chi connectivity index (χ1) is 44.3. The molecule has 1 atom stereocenters. The van der Waals surface area contributed by atoms with Crippen molar-refractivity contribution in [3.05, 3.63) is 124 Å². The van der Waals surface area contributed by atoms with Gasteiger partial charge in [0.2, 0.25) is 29.5 Å². The Morgan fingerprint density at radius 2 is 1.31 bits per heavy atom. The van der Waals surface area contributed by atoms with Crippen molar-refractivity contribution in [3.8, 4) is 11.8 Å². The number of aliphatic hydroxyl groups is 1. The van der Waals surface area contributed by atoms with Gasteiger partial charge in [-0.3, -0.25) is 24.1 Å². The van der Waals surface area contributed by atoms with Crippen molar-refractivity contribution in [2.24, 2.45) is 0 Å². The smallest absolute Gasteiger partial charge is 0.350 e. The molecule has 1 unspecified atom stereocenters. The first kappa shape index (κ1) is 80.2. The first-order valence-corrected chi connectivity index (χ1v) is 34.0. The maximum atomic E-state index is 12.9. The SMILES string of the molecule is CCC(C)(C)N(C)C(=O)CN(CCO)CC(=O)N(C)C(C)(C)Cc1ccccc1.CCCCOc1cc(C(=O)NCCN(CC)CC)c2ccccc2n1.CCCCc1cc2ccccc2c(OCCN(C)C)n1.CCCNC(C)C(=O)Nc1c(C)csc1C(=O)OC.